The highest BCUT2D eigenvalue weighted by molar-refractivity contribution is 6.13. The van der Waals surface area contributed by atoms with Crippen LogP contribution in [0, 0.1) is 22.7 Å². The fourth-order valence-corrected chi connectivity index (χ4v) is 5.38. The Bertz CT molecular complexity index is 918. The molecular weight excluding hydrogens is 352 g/mol. The molecule has 3 aliphatic rings. The van der Waals surface area contributed by atoms with Crippen molar-refractivity contribution in [3.63, 3.8) is 0 Å². The summed E-state index contributed by atoms with van der Waals surface area (Å²) in [5.41, 5.74) is 7.42. The van der Waals surface area contributed by atoms with Gasteiger partial charge in [0, 0.05) is 24.5 Å². The first-order valence-electron chi connectivity index (χ1n) is 9.87. The van der Waals surface area contributed by atoms with Gasteiger partial charge in [0.2, 0.25) is 0 Å². The average molecular weight is 376 g/mol. The number of ether oxygens (including phenoxy) is 1. The van der Waals surface area contributed by atoms with E-state index in [0.717, 1.165) is 36.1 Å². The molecule has 1 saturated carbocycles. The molecule has 28 heavy (non-hydrogen) atoms. The largest absolute Gasteiger partial charge is 0.497 e. The van der Waals surface area contributed by atoms with Crippen LogP contribution in [0.25, 0.3) is 0 Å². The number of hydrogen-bond acceptors (Lipinski definition) is 5. The Labute approximate surface area is 164 Å². The van der Waals surface area contributed by atoms with E-state index < -0.39 is 5.41 Å². The van der Waals surface area contributed by atoms with Crippen LogP contribution in [0.15, 0.2) is 47.2 Å². The zero-order valence-electron chi connectivity index (χ0n) is 16.0. The number of nitriles is 1. The van der Waals surface area contributed by atoms with Crippen LogP contribution < -0.4 is 10.5 Å². The monoisotopic (exact) mass is 376 g/mol. The van der Waals surface area contributed by atoms with E-state index in [1.165, 1.54) is 0 Å². The van der Waals surface area contributed by atoms with Gasteiger partial charge in [-0.15, -0.1) is 0 Å². The van der Waals surface area contributed by atoms with E-state index in [9.17, 15) is 14.9 Å². The Kier molecular flexibility index (Phi) is 4.58. The van der Waals surface area contributed by atoms with Crippen LogP contribution in [0.3, 0.4) is 0 Å². The van der Waals surface area contributed by atoms with E-state index in [1.807, 2.05) is 24.3 Å². The Morgan fingerprint density at radius 3 is 2.43 bits per heavy atom. The van der Waals surface area contributed by atoms with Crippen molar-refractivity contribution >= 4 is 11.6 Å². The third-order valence-electron chi connectivity index (χ3n) is 6.61. The maximum absolute atomic E-state index is 13.3. The lowest BCUT2D eigenvalue weighted by atomic mass is 9.51. The minimum Gasteiger partial charge on any atom is -0.497 e. The zero-order valence-corrected chi connectivity index (χ0v) is 16.0. The molecule has 0 amide bonds. The van der Waals surface area contributed by atoms with Crippen molar-refractivity contribution in [2.24, 2.45) is 17.1 Å². The van der Waals surface area contributed by atoms with Gasteiger partial charge in [-0.3, -0.25) is 9.59 Å². The van der Waals surface area contributed by atoms with Crippen molar-refractivity contribution in [2.75, 3.05) is 7.11 Å². The molecule has 1 spiro atoms. The minimum absolute atomic E-state index is 0.0601. The lowest BCUT2D eigenvalue weighted by Gasteiger charge is -2.49. The van der Waals surface area contributed by atoms with Crippen molar-refractivity contribution in [2.45, 2.75) is 44.4 Å². The molecule has 0 heterocycles. The predicted octanol–water partition coefficient (Wildman–Crippen LogP) is 3.56. The molecular formula is C23H24N2O3. The van der Waals surface area contributed by atoms with Gasteiger partial charge in [0.15, 0.2) is 11.6 Å². The molecule has 0 aromatic heterocycles. The van der Waals surface area contributed by atoms with Crippen LogP contribution in [0.4, 0.5) is 0 Å². The van der Waals surface area contributed by atoms with E-state index in [2.05, 4.69) is 12.1 Å². The Hall–Kier alpha value is -2.87. The van der Waals surface area contributed by atoms with E-state index in [0.29, 0.717) is 24.8 Å². The number of Topliss-reactive ketones (excluding diaryl/α,β-unsaturated/α-hetero) is 2. The maximum atomic E-state index is 13.3. The number of fused-ring (bicyclic) bond motifs is 1. The van der Waals surface area contributed by atoms with Crippen LogP contribution in [0.1, 0.15) is 50.0 Å². The van der Waals surface area contributed by atoms with Gasteiger partial charge in [0.05, 0.1) is 12.7 Å². The molecule has 0 bridgehead atoms. The molecule has 1 aromatic carbocycles. The van der Waals surface area contributed by atoms with Gasteiger partial charge in [-0.25, -0.2) is 0 Å². The van der Waals surface area contributed by atoms with Gasteiger partial charge in [0.1, 0.15) is 17.2 Å². The topological polar surface area (TPSA) is 93.2 Å². The highest BCUT2D eigenvalue weighted by Crippen LogP contribution is 2.59. The van der Waals surface area contributed by atoms with E-state index in [1.54, 1.807) is 7.11 Å². The number of nitrogens with zero attached hydrogens (tertiary/aromatic N) is 1. The number of rotatable bonds is 2. The molecule has 0 saturated heterocycles. The second-order valence-corrected chi connectivity index (χ2v) is 7.86. The number of hydrogen-bond donors (Lipinski definition) is 1. The van der Waals surface area contributed by atoms with Gasteiger partial charge in [-0.1, -0.05) is 18.2 Å². The van der Waals surface area contributed by atoms with Gasteiger partial charge >= 0.3 is 0 Å². The summed E-state index contributed by atoms with van der Waals surface area (Å²) < 4.78 is 5.28. The van der Waals surface area contributed by atoms with Gasteiger partial charge in [-0.2, -0.15) is 5.26 Å². The first-order chi connectivity index (χ1) is 13.6. The second kappa shape index (κ2) is 6.94. The van der Waals surface area contributed by atoms with Crippen LogP contribution >= 0.6 is 0 Å². The number of ketones is 2. The first kappa shape index (κ1) is 18.5. The van der Waals surface area contributed by atoms with Crippen molar-refractivity contribution < 1.29 is 14.3 Å². The average Bonchev–Trinajstić information content (AvgIpc) is 2.72. The smallest absolute Gasteiger partial charge is 0.153 e. The molecule has 5 nitrogen and oxygen atoms in total. The second-order valence-electron chi connectivity index (χ2n) is 7.86. The quantitative estimate of drug-likeness (QED) is 0.797. The molecule has 144 valence electrons. The highest BCUT2D eigenvalue weighted by atomic mass is 16.5. The molecule has 4 rings (SSSR count). The lowest BCUT2D eigenvalue weighted by Crippen LogP contribution is -2.55. The van der Waals surface area contributed by atoms with Crippen LogP contribution in [-0.2, 0) is 9.59 Å². The molecule has 0 unspecified atom stereocenters. The molecule has 1 aromatic rings. The van der Waals surface area contributed by atoms with Crippen LogP contribution in [0.2, 0.25) is 0 Å². The Morgan fingerprint density at radius 1 is 1.14 bits per heavy atom. The maximum Gasteiger partial charge on any atom is 0.153 e. The molecule has 0 aliphatic heterocycles. The van der Waals surface area contributed by atoms with Crippen molar-refractivity contribution in [1.29, 1.82) is 5.26 Å². The highest BCUT2D eigenvalue weighted by Gasteiger charge is 2.61. The van der Waals surface area contributed by atoms with Gasteiger partial charge in [-0.05, 0) is 54.9 Å². The minimum atomic E-state index is -1.42. The number of carbonyl (C=O) groups is 2. The fourth-order valence-electron chi connectivity index (χ4n) is 5.38. The Balaban J connectivity index is 2.01. The summed E-state index contributed by atoms with van der Waals surface area (Å²) >= 11 is 0. The number of carbonyl (C=O) groups excluding carboxylic acids is 2. The molecule has 0 radical (unpaired) electrons. The molecule has 5 heteroatoms. The number of benzene rings is 1. The van der Waals surface area contributed by atoms with Gasteiger partial charge in [0.25, 0.3) is 0 Å². The van der Waals surface area contributed by atoms with Crippen LogP contribution in [0.5, 0.6) is 5.75 Å². The summed E-state index contributed by atoms with van der Waals surface area (Å²) in [6.07, 6.45) is 5.96. The number of nitrogens with two attached hydrogens (primary N) is 1. The SMILES string of the molecule is COc1ccc([C@H]2[C@@H]3CCCC=C3C(C#N)=C(N)C23C(=O)CCCC3=O)cc1. The lowest BCUT2D eigenvalue weighted by molar-refractivity contribution is -0.144. The van der Waals surface area contributed by atoms with E-state index in [4.69, 9.17) is 10.5 Å². The summed E-state index contributed by atoms with van der Waals surface area (Å²) in [5, 5.41) is 9.84. The molecule has 2 N–H and O–H groups in total. The van der Waals surface area contributed by atoms with E-state index in [-0.39, 0.29) is 29.1 Å². The molecule has 3 aliphatic carbocycles. The van der Waals surface area contributed by atoms with E-state index >= 15 is 0 Å². The van der Waals surface area contributed by atoms with Crippen molar-refractivity contribution in [1.82, 2.24) is 0 Å². The third kappa shape index (κ3) is 2.44. The zero-order chi connectivity index (χ0) is 19.9. The summed E-state index contributed by atoms with van der Waals surface area (Å²) in [5.74, 6) is 0.00637. The molecule has 1 fully saturated rings. The summed E-state index contributed by atoms with van der Waals surface area (Å²) in [4.78, 5) is 26.7. The standard InChI is InChI=1S/C23H24N2O3/c1-28-15-11-9-14(10-12-15)21-17-6-3-2-5-16(17)18(13-24)22(25)23(21)19(26)7-4-8-20(23)27/h5,9-12,17,21H,2-4,6-8,25H2,1H3/t17-,21+/m1/s1. The van der Waals surface area contributed by atoms with Crippen LogP contribution in [-0.4, -0.2) is 18.7 Å². The summed E-state index contributed by atoms with van der Waals surface area (Å²) in [7, 11) is 1.60. The fraction of sp³-hybridized carbons (Fsp3) is 0.435. The summed E-state index contributed by atoms with van der Waals surface area (Å²) in [6.45, 7) is 0. The predicted molar refractivity (Wildman–Crippen MR) is 104 cm³/mol. The normalized spacial score (nSPS) is 26.5. The summed E-state index contributed by atoms with van der Waals surface area (Å²) in [6, 6.07) is 9.78. The first-order valence-corrected chi connectivity index (χ1v) is 9.87. The third-order valence-corrected chi connectivity index (χ3v) is 6.61. The van der Waals surface area contributed by atoms with Crippen molar-refractivity contribution in [3.05, 3.63) is 52.7 Å². The Morgan fingerprint density at radius 2 is 1.82 bits per heavy atom. The number of allylic oxidation sites excluding steroid dienone is 4. The van der Waals surface area contributed by atoms with Crippen molar-refractivity contribution in [3.8, 4) is 11.8 Å². The van der Waals surface area contributed by atoms with Gasteiger partial charge < -0.3 is 10.5 Å². The number of methoxy groups -OCH3 is 1. The molecule has 2 atom stereocenters.